The number of carbonyl (C=O) groups excluding carboxylic acids is 1. The second kappa shape index (κ2) is 3.86. The minimum absolute atomic E-state index is 0.289. The van der Waals surface area contributed by atoms with Crippen LogP contribution in [0.2, 0.25) is 0 Å². The second-order valence-corrected chi connectivity index (χ2v) is 3.66. The van der Waals surface area contributed by atoms with E-state index in [1.54, 1.807) is 6.26 Å². The van der Waals surface area contributed by atoms with Crippen LogP contribution in [-0.4, -0.2) is 23.4 Å². The molecule has 1 aromatic rings. The molecule has 1 atom stereocenters. The van der Waals surface area contributed by atoms with Crippen molar-refractivity contribution in [2.24, 2.45) is 0 Å². The van der Waals surface area contributed by atoms with Gasteiger partial charge >= 0.3 is 0 Å². The van der Waals surface area contributed by atoms with Gasteiger partial charge in [0, 0.05) is 25.4 Å². The molecule has 3 nitrogen and oxygen atoms in total. The standard InChI is InChI=1S/C11H15NO2/c1-2-12-9(8-11(12)13)5-6-10-4-3-7-14-10/h3-4,7,9H,2,5-6,8H2,1H3/t9-/m1/s1. The Labute approximate surface area is 83.7 Å². The predicted molar refractivity (Wildman–Crippen MR) is 52.8 cm³/mol. The van der Waals surface area contributed by atoms with Gasteiger partial charge in [-0.15, -0.1) is 0 Å². The number of hydrogen-bond donors (Lipinski definition) is 0. The first-order chi connectivity index (χ1) is 6.81. The summed E-state index contributed by atoms with van der Waals surface area (Å²) in [6.07, 6.45) is 4.36. The Bertz CT molecular complexity index is 305. The third-order valence-corrected chi connectivity index (χ3v) is 2.82. The molecule has 0 spiro atoms. The highest BCUT2D eigenvalue weighted by Crippen LogP contribution is 2.23. The monoisotopic (exact) mass is 193 g/mol. The first kappa shape index (κ1) is 9.31. The van der Waals surface area contributed by atoms with Gasteiger partial charge in [-0.05, 0) is 25.5 Å². The molecular weight excluding hydrogens is 178 g/mol. The Morgan fingerprint density at radius 1 is 1.64 bits per heavy atom. The van der Waals surface area contributed by atoms with Crippen LogP contribution in [0.1, 0.15) is 25.5 Å². The Balaban J connectivity index is 1.79. The average Bonchev–Trinajstić information content (AvgIpc) is 2.65. The molecule has 0 aromatic carbocycles. The lowest BCUT2D eigenvalue weighted by Gasteiger charge is -2.39. The number of furan rings is 1. The van der Waals surface area contributed by atoms with Crippen molar-refractivity contribution in [2.75, 3.05) is 6.54 Å². The van der Waals surface area contributed by atoms with Crippen LogP contribution in [0.5, 0.6) is 0 Å². The molecule has 2 rings (SSSR count). The largest absolute Gasteiger partial charge is 0.469 e. The summed E-state index contributed by atoms with van der Waals surface area (Å²) in [7, 11) is 0. The van der Waals surface area contributed by atoms with E-state index in [1.165, 1.54) is 0 Å². The van der Waals surface area contributed by atoms with Crippen molar-refractivity contribution in [3.8, 4) is 0 Å². The molecule has 0 bridgehead atoms. The van der Waals surface area contributed by atoms with Crippen LogP contribution >= 0.6 is 0 Å². The zero-order valence-electron chi connectivity index (χ0n) is 8.40. The summed E-state index contributed by atoms with van der Waals surface area (Å²) in [6.45, 7) is 2.86. The highest BCUT2D eigenvalue weighted by molar-refractivity contribution is 5.82. The molecule has 1 amide bonds. The maximum atomic E-state index is 11.1. The van der Waals surface area contributed by atoms with Crippen molar-refractivity contribution < 1.29 is 9.21 Å². The van der Waals surface area contributed by atoms with E-state index in [9.17, 15) is 4.79 Å². The normalized spacial score (nSPS) is 21.1. The SMILES string of the molecule is CCN1C(=O)C[C@H]1CCc1ccco1. The predicted octanol–water partition coefficient (Wildman–Crippen LogP) is 1.83. The molecule has 3 heteroatoms. The van der Waals surface area contributed by atoms with Crippen molar-refractivity contribution in [3.63, 3.8) is 0 Å². The second-order valence-electron chi connectivity index (χ2n) is 3.66. The van der Waals surface area contributed by atoms with Gasteiger partial charge in [-0.3, -0.25) is 4.79 Å². The lowest BCUT2D eigenvalue weighted by atomic mass is 9.96. The molecule has 0 N–H and O–H groups in total. The van der Waals surface area contributed by atoms with Gasteiger partial charge in [0.15, 0.2) is 0 Å². The van der Waals surface area contributed by atoms with Crippen LogP contribution in [0.25, 0.3) is 0 Å². The third kappa shape index (κ3) is 1.67. The quantitative estimate of drug-likeness (QED) is 0.683. The fraction of sp³-hybridized carbons (Fsp3) is 0.545. The van der Waals surface area contributed by atoms with E-state index in [2.05, 4.69) is 0 Å². The van der Waals surface area contributed by atoms with Crippen molar-refractivity contribution in [2.45, 2.75) is 32.2 Å². The lowest BCUT2D eigenvalue weighted by molar-refractivity contribution is -0.145. The highest BCUT2D eigenvalue weighted by atomic mass is 16.3. The van der Waals surface area contributed by atoms with Gasteiger partial charge in [0.1, 0.15) is 5.76 Å². The van der Waals surface area contributed by atoms with E-state index in [-0.39, 0.29) is 5.91 Å². The molecule has 1 aliphatic heterocycles. The molecule has 0 saturated carbocycles. The zero-order chi connectivity index (χ0) is 9.97. The van der Waals surface area contributed by atoms with E-state index in [4.69, 9.17) is 4.42 Å². The number of likely N-dealkylation sites (tertiary alicyclic amines) is 1. The summed E-state index contributed by atoms with van der Waals surface area (Å²) in [5.74, 6) is 1.30. The van der Waals surface area contributed by atoms with Crippen LogP contribution in [-0.2, 0) is 11.2 Å². The highest BCUT2D eigenvalue weighted by Gasteiger charge is 2.33. The summed E-state index contributed by atoms with van der Waals surface area (Å²) in [5, 5.41) is 0. The van der Waals surface area contributed by atoms with Crippen molar-refractivity contribution in [1.29, 1.82) is 0 Å². The first-order valence-corrected chi connectivity index (χ1v) is 5.13. The molecule has 1 saturated heterocycles. The Kier molecular flexibility index (Phi) is 2.57. The molecule has 2 heterocycles. The lowest BCUT2D eigenvalue weighted by Crippen LogP contribution is -2.52. The summed E-state index contributed by atoms with van der Waals surface area (Å²) < 4.78 is 5.24. The minimum atomic E-state index is 0.289. The van der Waals surface area contributed by atoms with E-state index >= 15 is 0 Å². The van der Waals surface area contributed by atoms with Crippen molar-refractivity contribution in [1.82, 2.24) is 4.90 Å². The van der Waals surface area contributed by atoms with Gasteiger partial charge in [0.05, 0.1) is 6.26 Å². The number of β-lactam (4-membered cyclic amide) rings is 1. The van der Waals surface area contributed by atoms with E-state index in [0.717, 1.165) is 25.1 Å². The third-order valence-electron chi connectivity index (χ3n) is 2.82. The van der Waals surface area contributed by atoms with Gasteiger partial charge in [-0.1, -0.05) is 0 Å². The molecule has 14 heavy (non-hydrogen) atoms. The van der Waals surface area contributed by atoms with Gasteiger partial charge in [0.25, 0.3) is 0 Å². The van der Waals surface area contributed by atoms with Crippen molar-refractivity contribution in [3.05, 3.63) is 24.2 Å². The fourth-order valence-electron chi connectivity index (χ4n) is 1.98. The number of nitrogens with zero attached hydrogens (tertiary/aromatic N) is 1. The molecule has 0 unspecified atom stereocenters. The molecule has 0 aliphatic carbocycles. The number of aryl methyl sites for hydroxylation is 1. The Hall–Kier alpha value is -1.25. The van der Waals surface area contributed by atoms with Crippen LogP contribution in [0.4, 0.5) is 0 Å². The average molecular weight is 193 g/mol. The molecule has 1 fully saturated rings. The number of hydrogen-bond acceptors (Lipinski definition) is 2. The van der Waals surface area contributed by atoms with Gasteiger partial charge in [-0.25, -0.2) is 0 Å². The Morgan fingerprint density at radius 3 is 3.07 bits per heavy atom. The molecule has 0 radical (unpaired) electrons. The summed E-state index contributed by atoms with van der Waals surface area (Å²) in [6, 6.07) is 4.33. The zero-order valence-corrected chi connectivity index (χ0v) is 8.40. The topological polar surface area (TPSA) is 33.5 Å². The summed E-state index contributed by atoms with van der Waals surface area (Å²) >= 11 is 0. The smallest absolute Gasteiger partial charge is 0.224 e. The number of amides is 1. The first-order valence-electron chi connectivity index (χ1n) is 5.13. The van der Waals surface area contributed by atoms with Gasteiger partial charge < -0.3 is 9.32 Å². The summed E-state index contributed by atoms with van der Waals surface area (Å²) in [5.41, 5.74) is 0. The molecule has 1 aromatic heterocycles. The number of carbonyl (C=O) groups is 1. The van der Waals surface area contributed by atoms with Crippen LogP contribution < -0.4 is 0 Å². The van der Waals surface area contributed by atoms with E-state index < -0.39 is 0 Å². The van der Waals surface area contributed by atoms with Crippen LogP contribution in [0, 0.1) is 0 Å². The fourth-order valence-corrected chi connectivity index (χ4v) is 1.98. The van der Waals surface area contributed by atoms with Gasteiger partial charge in [0.2, 0.25) is 5.91 Å². The molecular formula is C11H15NO2. The van der Waals surface area contributed by atoms with E-state index in [0.29, 0.717) is 12.5 Å². The minimum Gasteiger partial charge on any atom is -0.469 e. The van der Waals surface area contributed by atoms with Gasteiger partial charge in [-0.2, -0.15) is 0 Å². The van der Waals surface area contributed by atoms with E-state index in [1.807, 2.05) is 24.0 Å². The van der Waals surface area contributed by atoms with Crippen LogP contribution in [0.3, 0.4) is 0 Å². The molecule has 1 aliphatic rings. The van der Waals surface area contributed by atoms with Crippen molar-refractivity contribution >= 4 is 5.91 Å². The summed E-state index contributed by atoms with van der Waals surface area (Å²) in [4.78, 5) is 13.1. The maximum absolute atomic E-state index is 11.1. The molecule has 76 valence electrons. The van der Waals surface area contributed by atoms with Crippen LogP contribution in [0.15, 0.2) is 22.8 Å². The number of rotatable bonds is 4. The Morgan fingerprint density at radius 2 is 2.50 bits per heavy atom. The maximum Gasteiger partial charge on any atom is 0.224 e.